The van der Waals surface area contributed by atoms with E-state index >= 15 is 0 Å². The van der Waals surface area contributed by atoms with Crippen molar-refractivity contribution in [2.75, 3.05) is 0 Å². The van der Waals surface area contributed by atoms with E-state index < -0.39 is 17.5 Å². The van der Waals surface area contributed by atoms with Crippen molar-refractivity contribution in [2.45, 2.75) is 6.61 Å². The van der Waals surface area contributed by atoms with Gasteiger partial charge in [0.1, 0.15) is 18.1 Å². The van der Waals surface area contributed by atoms with Crippen LogP contribution in [0.4, 0.5) is 13.2 Å². The molecular formula is C25H16F3N3O. The van der Waals surface area contributed by atoms with Gasteiger partial charge in [-0.3, -0.25) is 4.98 Å². The average Bonchev–Trinajstić information content (AvgIpc) is 3.21. The Labute approximate surface area is 181 Å². The van der Waals surface area contributed by atoms with Crippen LogP contribution in [-0.4, -0.2) is 14.6 Å². The third-order valence-corrected chi connectivity index (χ3v) is 5.11. The Kier molecular flexibility index (Phi) is 5.07. The SMILES string of the molecule is Fc1ccc(-c2nn3ccc(OCc4ccccc4)cc3c2-c2ccncc2)c(F)c1F. The number of fused-ring (bicyclic) bond motifs is 1. The molecule has 0 unspecified atom stereocenters. The normalized spacial score (nSPS) is 11.1. The average molecular weight is 431 g/mol. The molecule has 4 nitrogen and oxygen atoms in total. The van der Waals surface area contributed by atoms with Crippen LogP contribution in [0.5, 0.6) is 5.75 Å². The third-order valence-electron chi connectivity index (χ3n) is 5.11. The number of benzene rings is 2. The molecule has 0 saturated carbocycles. The lowest BCUT2D eigenvalue weighted by atomic mass is 10.00. The van der Waals surface area contributed by atoms with Crippen molar-refractivity contribution in [3.63, 3.8) is 0 Å². The van der Waals surface area contributed by atoms with Crippen molar-refractivity contribution >= 4 is 5.52 Å². The molecule has 7 heteroatoms. The highest BCUT2D eigenvalue weighted by molar-refractivity contribution is 5.92. The van der Waals surface area contributed by atoms with E-state index in [9.17, 15) is 13.2 Å². The minimum atomic E-state index is -1.54. The lowest BCUT2D eigenvalue weighted by Gasteiger charge is -2.08. The van der Waals surface area contributed by atoms with E-state index in [-0.39, 0.29) is 11.3 Å². The topological polar surface area (TPSA) is 39.4 Å². The first-order valence-corrected chi connectivity index (χ1v) is 9.85. The van der Waals surface area contributed by atoms with E-state index in [4.69, 9.17) is 4.74 Å². The number of rotatable bonds is 5. The van der Waals surface area contributed by atoms with Gasteiger partial charge in [0.2, 0.25) is 0 Å². The zero-order valence-electron chi connectivity index (χ0n) is 16.7. The molecule has 0 N–H and O–H groups in total. The number of hydrogen-bond acceptors (Lipinski definition) is 3. The number of nitrogens with zero attached hydrogens (tertiary/aromatic N) is 3. The minimum absolute atomic E-state index is 0.133. The Morgan fingerprint density at radius 2 is 1.62 bits per heavy atom. The molecule has 5 rings (SSSR count). The first-order chi connectivity index (χ1) is 15.6. The summed E-state index contributed by atoms with van der Waals surface area (Å²) in [5.41, 5.74) is 2.96. The van der Waals surface area contributed by atoms with Crippen molar-refractivity contribution in [1.82, 2.24) is 14.6 Å². The monoisotopic (exact) mass is 431 g/mol. The molecule has 3 aromatic heterocycles. The fourth-order valence-electron chi connectivity index (χ4n) is 3.56. The van der Waals surface area contributed by atoms with Crippen molar-refractivity contribution in [3.05, 3.63) is 108 Å². The van der Waals surface area contributed by atoms with E-state index in [2.05, 4.69) is 10.1 Å². The zero-order valence-corrected chi connectivity index (χ0v) is 16.7. The quantitative estimate of drug-likeness (QED) is 0.318. The van der Waals surface area contributed by atoms with Crippen LogP contribution in [0.1, 0.15) is 5.56 Å². The van der Waals surface area contributed by atoms with Gasteiger partial charge < -0.3 is 4.74 Å². The maximum Gasteiger partial charge on any atom is 0.195 e. The largest absolute Gasteiger partial charge is 0.489 e. The van der Waals surface area contributed by atoms with Gasteiger partial charge in [0.05, 0.1) is 5.52 Å². The summed E-state index contributed by atoms with van der Waals surface area (Å²) in [6.07, 6.45) is 4.88. The Morgan fingerprint density at radius 1 is 0.844 bits per heavy atom. The summed E-state index contributed by atoms with van der Waals surface area (Å²) in [6.45, 7) is 0.375. The van der Waals surface area contributed by atoms with E-state index in [1.807, 2.05) is 30.3 Å². The number of ether oxygens (including phenoxy) is 1. The van der Waals surface area contributed by atoms with E-state index in [0.29, 0.717) is 29.0 Å². The van der Waals surface area contributed by atoms with Crippen LogP contribution in [0.2, 0.25) is 0 Å². The maximum atomic E-state index is 14.7. The summed E-state index contributed by atoms with van der Waals surface area (Å²) in [4.78, 5) is 4.03. The van der Waals surface area contributed by atoms with Gasteiger partial charge in [-0.1, -0.05) is 30.3 Å². The summed E-state index contributed by atoms with van der Waals surface area (Å²) in [7, 11) is 0. The second-order valence-corrected chi connectivity index (χ2v) is 7.15. The molecule has 0 saturated heterocycles. The fourth-order valence-corrected chi connectivity index (χ4v) is 3.56. The zero-order chi connectivity index (χ0) is 22.1. The molecule has 0 aliphatic carbocycles. The van der Waals surface area contributed by atoms with Gasteiger partial charge in [-0.2, -0.15) is 5.10 Å². The molecule has 158 valence electrons. The van der Waals surface area contributed by atoms with Gasteiger partial charge in [-0.25, -0.2) is 17.7 Å². The van der Waals surface area contributed by atoms with E-state index in [1.165, 1.54) is 6.07 Å². The summed E-state index contributed by atoms with van der Waals surface area (Å²) < 4.78 is 49.6. The van der Waals surface area contributed by atoms with Gasteiger partial charge in [0, 0.05) is 35.8 Å². The number of aromatic nitrogens is 3. The van der Waals surface area contributed by atoms with Crippen LogP contribution < -0.4 is 4.74 Å². The molecular weight excluding hydrogens is 415 g/mol. The molecule has 0 bridgehead atoms. The van der Waals surface area contributed by atoms with Crippen LogP contribution >= 0.6 is 0 Å². The number of hydrogen-bond donors (Lipinski definition) is 0. The standard InChI is InChI=1S/C25H16F3N3O/c26-20-7-6-19(23(27)24(20)28)25-22(17-8-11-29-12-9-17)21-14-18(10-13-31(21)30-25)32-15-16-4-2-1-3-5-16/h1-14H,15H2. The lowest BCUT2D eigenvalue weighted by Crippen LogP contribution is -1.96. The molecule has 2 aromatic carbocycles. The van der Waals surface area contributed by atoms with Crippen LogP contribution in [0.25, 0.3) is 27.9 Å². The van der Waals surface area contributed by atoms with Crippen molar-refractivity contribution < 1.29 is 17.9 Å². The second-order valence-electron chi connectivity index (χ2n) is 7.15. The number of pyridine rings is 2. The highest BCUT2D eigenvalue weighted by Crippen LogP contribution is 2.37. The predicted octanol–water partition coefficient (Wildman–Crippen LogP) is 6.06. The van der Waals surface area contributed by atoms with Gasteiger partial charge in [-0.15, -0.1) is 0 Å². The van der Waals surface area contributed by atoms with Crippen LogP contribution in [0.3, 0.4) is 0 Å². The Balaban J connectivity index is 1.65. The summed E-state index contributed by atoms with van der Waals surface area (Å²) >= 11 is 0. The molecule has 32 heavy (non-hydrogen) atoms. The minimum Gasteiger partial charge on any atom is -0.489 e. The summed E-state index contributed by atoms with van der Waals surface area (Å²) in [5, 5.41) is 4.46. The van der Waals surface area contributed by atoms with Crippen LogP contribution in [-0.2, 0) is 6.61 Å². The highest BCUT2D eigenvalue weighted by Gasteiger charge is 2.23. The molecule has 0 aliphatic rings. The molecule has 0 amide bonds. The molecule has 0 atom stereocenters. The molecule has 5 aromatic rings. The van der Waals surface area contributed by atoms with Gasteiger partial charge in [-0.05, 0) is 41.5 Å². The maximum absolute atomic E-state index is 14.7. The van der Waals surface area contributed by atoms with Crippen molar-refractivity contribution in [1.29, 1.82) is 0 Å². The summed E-state index contributed by atoms with van der Waals surface area (Å²) in [6, 6.07) is 18.8. The smallest absolute Gasteiger partial charge is 0.195 e. The van der Waals surface area contributed by atoms with E-state index in [1.54, 1.807) is 47.4 Å². The van der Waals surface area contributed by atoms with E-state index in [0.717, 1.165) is 11.6 Å². The first kappa shape index (κ1) is 19.8. The molecule has 3 heterocycles. The van der Waals surface area contributed by atoms with Gasteiger partial charge in [0.15, 0.2) is 17.5 Å². The van der Waals surface area contributed by atoms with Crippen LogP contribution in [0, 0.1) is 17.5 Å². The Bertz CT molecular complexity index is 1400. The molecule has 0 aliphatic heterocycles. The van der Waals surface area contributed by atoms with Gasteiger partial charge >= 0.3 is 0 Å². The third kappa shape index (κ3) is 3.58. The predicted molar refractivity (Wildman–Crippen MR) is 115 cm³/mol. The van der Waals surface area contributed by atoms with Crippen molar-refractivity contribution in [2.24, 2.45) is 0 Å². The molecule has 0 radical (unpaired) electrons. The molecule has 0 fully saturated rings. The number of halogens is 3. The first-order valence-electron chi connectivity index (χ1n) is 9.85. The summed E-state index contributed by atoms with van der Waals surface area (Å²) in [5.74, 6) is -3.48. The Hall–Kier alpha value is -4.13. The molecule has 0 spiro atoms. The van der Waals surface area contributed by atoms with Crippen molar-refractivity contribution in [3.8, 4) is 28.1 Å². The fraction of sp³-hybridized carbons (Fsp3) is 0.0400. The van der Waals surface area contributed by atoms with Gasteiger partial charge in [0.25, 0.3) is 0 Å². The second kappa shape index (κ2) is 8.19. The lowest BCUT2D eigenvalue weighted by molar-refractivity contribution is 0.306. The Morgan fingerprint density at radius 3 is 2.41 bits per heavy atom. The van der Waals surface area contributed by atoms with Crippen LogP contribution in [0.15, 0.2) is 85.3 Å². The highest BCUT2D eigenvalue weighted by atomic mass is 19.2.